The molecule has 4 rings (SSSR count). The first kappa shape index (κ1) is 37.0. The maximum absolute atomic E-state index is 13.0. The Morgan fingerprint density at radius 3 is 1.98 bits per heavy atom. The molecule has 0 radical (unpaired) electrons. The molecule has 4 N–H and O–H groups in total. The Balaban J connectivity index is 1.12. The number of anilines is 2. The van der Waals surface area contributed by atoms with Crippen LogP contribution in [0.25, 0.3) is 17.0 Å². The fraction of sp³-hybridized carbons (Fsp3) is 0.526. The predicted octanol–water partition coefficient (Wildman–Crippen LogP) is 10.5. The van der Waals surface area contributed by atoms with E-state index in [4.69, 9.17) is 11.6 Å². The Labute approximate surface area is 291 Å². The molecule has 2 heterocycles. The number of benzene rings is 2. The van der Waals surface area contributed by atoms with E-state index in [0.717, 1.165) is 24.1 Å². The van der Waals surface area contributed by atoms with E-state index in [0.29, 0.717) is 40.0 Å². The van der Waals surface area contributed by atoms with Crippen molar-refractivity contribution in [2.45, 2.75) is 123 Å². The first-order valence-electron chi connectivity index (χ1n) is 17.9. The van der Waals surface area contributed by atoms with Crippen molar-refractivity contribution in [1.82, 2.24) is 25.1 Å². The summed E-state index contributed by atoms with van der Waals surface area (Å²) in [7, 11) is 0. The quantitative estimate of drug-likeness (QED) is 0.0740. The average molecular weight is 676 g/mol. The van der Waals surface area contributed by atoms with Gasteiger partial charge in [-0.05, 0) is 42.8 Å². The van der Waals surface area contributed by atoms with Crippen molar-refractivity contribution in [3.8, 4) is 11.4 Å². The highest BCUT2D eigenvalue weighted by atomic mass is 35.5. The molecule has 48 heavy (non-hydrogen) atoms. The maximum Gasteiger partial charge on any atom is 0.319 e. The Morgan fingerprint density at radius 1 is 0.792 bits per heavy atom. The number of urea groups is 1. The molecule has 0 aliphatic rings. The third-order valence-electron chi connectivity index (χ3n) is 8.59. The number of carbonyl (C=O) groups is 2. The minimum absolute atomic E-state index is 0.171. The number of nitrogens with one attached hydrogen (secondary N) is 4. The van der Waals surface area contributed by atoms with Gasteiger partial charge in [0.05, 0.1) is 5.69 Å². The standard InChI is InChI=1S/C38H54ClN7O2/c1-5-6-7-8-9-10-11-12-13-14-15-16-17-18-26-40-37(48)42-30-24-22-28(23-25-30)36(47)41-31-21-19-20-29(27-31)34-43-35-32(39)33(38(2,3)4)44-46(35)45-34/h19-25,27,44H,5-18,26H2,1-4H3,(H,41,47)(H2,40,42,48). The van der Waals surface area contributed by atoms with Crippen LogP contribution in [0.5, 0.6) is 0 Å². The largest absolute Gasteiger partial charge is 0.338 e. The summed E-state index contributed by atoms with van der Waals surface area (Å²) in [5, 5.41) is 17.0. The minimum atomic E-state index is -0.260. The maximum atomic E-state index is 13.0. The van der Waals surface area contributed by atoms with Crippen LogP contribution in [0, 0.1) is 0 Å². The molecule has 9 nitrogen and oxygen atoms in total. The summed E-state index contributed by atoms with van der Waals surface area (Å²) in [6.45, 7) is 9.13. The number of fused-ring (bicyclic) bond motifs is 1. The summed E-state index contributed by atoms with van der Waals surface area (Å²) in [6, 6.07) is 14.0. The Kier molecular flexibility index (Phi) is 14.4. The zero-order valence-corrected chi connectivity index (χ0v) is 30.0. The summed E-state index contributed by atoms with van der Waals surface area (Å²) in [6.07, 6.45) is 18.3. The van der Waals surface area contributed by atoms with Crippen LogP contribution in [0.4, 0.5) is 16.2 Å². The van der Waals surface area contributed by atoms with Gasteiger partial charge in [-0.1, -0.05) is 135 Å². The zero-order chi connectivity index (χ0) is 34.4. The van der Waals surface area contributed by atoms with E-state index in [2.05, 4.69) is 58.8 Å². The number of rotatable bonds is 19. The molecule has 3 amide bonds. The van der Waals surface area contributed by atoms with Gasteiger partial charge in [-0.15, -0.1) is 5.10 Å². The Morgan fingerprint density at radius 2 is 1.40 bits per heavy atom. The molecule has 0 aliphatic heterocycles. The van der Waals surface area contributed by atoms with Crippen LogP contribution in [-0.4, -0.2) is 38.3 Å². The molecular formula is C38H54ClN7O2. The number of halogens is 1. The van der Waals surface area contributed by atoms with E-state index in [1.807, 2.05) is 24.3 Å². The number of unbranched alkanes of at least 4 members (excludes halogenated alkanes) is 13. The fourth-order valence-corrected chi connectivity index (χ4v) is 6.21. The van der Waals surface area contributed by atoms with Crippen molar-refractivity contribution in [1.29, 1.82) is 0 Å². The molecule has 0 saturated carbocycles. The number of aromatic amines is 1. The lowest BCUT2D eigenvalue weighted by Gasteiger charge is -2.16. The van der Waals surface area contributed by atoms with E-state index in [9.17, 15) is 9.59 Å². The Hall–Kier alpha value is -3.85. The van der Waals surface area contributed by atoms with Gasteiger partial charge in [0.1, 0.15) is 5.02 Å². The second-order valence-electron chi connectivity index (χ2n) is 13.8. The van der Waals surface area contributed by atoms with Gasteiger partial charge in [-0.3, -0.25) is 9.89 Å². The molecule has 0 unspecified atom stereocenters. The van der Waals surface area contributed by atoms with Gasteiger partial charge in [-0.2, -0.15) is 4.63 Å². The van der Waals surface area contributed by atoms with E-state index in [1.165, 1.54) is 77.0 Å². The molecular weight excluding hydrogens is 622 g/mol. The number of H-pyrrole nitrogens is 1. The molecule has 0 atom stereocenters. The van der Waals surface area contributed by atoms with Crippen LogP contribution in [0.1, 0.15) is 134 Å². The number of nitrogens with zero attached hydrogens (tertiary/aromatic N) is 3. The lowest BCUT2D eigenvalue weighted by molar-refractivity contribution is 0.102. The van der Waals surface area contributed by atoms with E-state index in [1.54, 1.807) is 28.9 Å². The molecule has 2 aromatic heterocycles. The van der Waals surface area contributed by atoms with Gasteiger partial charge in [0, 0.05) is 34.5 Å². The van der Waals surface area contributed by atoms with Gasteiger partial charge in [-0.25, -0.2) is 9.78 Å². The molecule has 2 aromatic carbocycles. The van der Waals surface area contributed by atoms with Crippen molar-refractivity contribution < 1.29 is 9.59 Å². The molecule has 0 spiro atoms. The summed E-state index contributed by atoms with van der Waals surface area (Å²) in [4.78, 5) is 29.9. The summed E-state index contributed by atoms with van der Waals surface area (Å²) >= 11 is 6.58. The minimum Gasteiger partial charge on any atom is -0.338 e. The van der Waals surface area contributed by atoms with Crippen molar-refractivity contribution in [3.63, 3.8) is 0 Å². The number of hydrogen-bond acceptors (Lipinski definition) is 4. The van der Waals surface area contributed by atoms with Crippen LogP contribution in [0.3, 0.4) is 0 Å². The molecule has 10 heteroatoms. The molecule has 0 bridgehead atoms. The molecule has 0 saturated heterocycles. The number of aromatic nitrogens is 4. The highest BCUT2D eigenvalue weighted by molar-refractivity contribution is 6.34. The first-order chi connectivity index (χ1) is 23.2. The summed E-state index contributed by atoms with van der Waals surface area (Å²) < 4.78 is 1.58. The van der Waals surface area contributed by atoms with Crippen LogP contribution < -0.4 is 16.0 Å². The van der Waals surface area contributed by atoms with Gasteiger partial charge in [0.2, 0.25) is 0 Å². The number of amides is 3. The van der Waals surface area contributed by atoms with Gasteiger partial charge >= 0.3 is 6.03 Å². The zero-order valence-electron chi connectivity index (χ0n) is 29.3. The first-order valence-corrected chi connectivity index (χ1v) is 18.2. The highest BCUT2D eigenvalue weighted by Gasteiger charge is 2.24. The van der Waals surface area contributed by atoms with E-state index >= 15 is 0 Å². The lowest BCUT2D eigenvalue weighted by atomic mass is 9.92. The molecule has 260 valence electrons. The second kappa shape index (κ2) is 18.6. The third kappa shape index (κ3) is 11.4. The smallest absolute Gasteiger partial charge is 0.319 e. The highest BCUT2D eigenvalue weighted by Crippen LogP contribution is 2.32. The molecule has 4 aromatic rings. The van der Waals surface area contributed by atoms with Crippen molar-refractivity contribution in [2.24, 2.45) is 0 Å². The third-order valence-corrected chi connectivity index (χ3v) is 8.95. The van der Waals surface area contributed by atoms with Crippen LogP contribution in [0.15, 0.2) is 48.5 Å². The van der Waals surface area contributed by atoms with Gasteiger partial charge in [0.15, 0.2) is 11.5 Å². The lowest BCUT2D eigenvalue weighted by Crippen LogP contribution is -2.29. The normalized spacial score (nSPS) is 11.6. The molecule has 0 aliphatic carbocycles. The SMILES string of the molecule is CCCCCCCCCCCCCCCCNC(=O)Nc1ccc(C(=O)Nc2cccc(-c3nc4c(Cl)c(C(C)(C)C)[nH]n4n3)c2)cc1. The number of hydrogen-bond donors (Lipinski definition) is 4. The van der Waals surface area contributed by atoms with Crippen LogP contribution in [0.2, 0.25) is 5.02 Å². The predicted molar refractivity (Wildman–Crippen MR) is 198 cm³/mol. The topological polar surface area (TPSA) is 116 Å². The van der Waals surface area contributed by atoms with Crippen LogP contribution >= 0.6 is 11.6 Å². The molecule has 0 fully saturated rings. The summed E-state index contributed by atoms with van der Waals surface area (Å²) in [5.41, 5.74) is 3.72. The fourth-order valence-electron chi connectivity index (χ4n) is 5.76. The van der Waals surface area contributed by atoms with E-state index < -0.39 is 0 Å². The van der Waals surface area contributed by atoms with E-state index in [-0.39, 0.29) is 17.4 Å². The van der Waals surface area contributed by atoms with Crippen molar-refractivity contribution in [2.75, 3.05) is 17.2 Å². The van der Waals surface area contributed by atoms with Gasteiger partial charge in [0.25, 0.3) is 5.91 Å². The van der Waals surface area contributed by atoms with Gasteiger partial charge < -0.3 is 16.0 Å². The average Bonchev–Trinajstić information content (AvgIpc) is 3.62. The second-order valence-corrected chi connectivity index (χ2v) is 14.2. The van der Waals surface area contributed by atoms with Crippen molar-refractivity contribution >= 4 is 40.6 Å². The monoisotopic (exact) mass is 675 g/mol. The van der Waals surface area contributed by atoms with Crippen LogP contribution in [-0.2, 0) is 5.41 Å². The number of carbonyl (C=O) groups excluding carboxylic acids is 2. The summed E-state index contributed by atoms with van der Waals surface area (Å²) in [5.74, 6) is 0.237. The van der Waals surface area contributed by atoms with Crippen molar-refractivity contribution in [3.05, 3.63) is 64.8 Å². The Bertz CT molecular complexity index is 1590.